The first-order chi connectivity index (χ1) is 14.7. The van der Waals surface area contributed by atoms with Gasteiger partial charge in [-0.25, -0.2) is 9.97 Å². The van der Waals surface area contributed by atoms with Crippen LogP contribution in [0.1, 0.15) is 41.6 Å². The number of aromatic nitrogens is 4. The number of benzene rings is 2. The molecule has 0 bridgehead atoms. The normalized spacial score (nSPS) is 14.8. The van der Waals surface area contributed by atoms with E-state index in [2.05, 4.69) is 75.6 Å². The van der Waals surface area contributed by atoms with Crippen molar-refractivity contribution < 1.29 is 4.74 Å². The lowest BCUT2D eigenvalue weighted by Crippen LogP contribution is -2.35. The second-order valence-electron chi connectivity index (χ2n) is 7.96. The lowest BCUT2D eigenvalue weighted by atomic mass is 9.60. The Balaban J connectivity index is 1.30. The average molecular weight is 396 g/mol. The van der Waals surface area contributed by atoms with Crippen LogP contribution in [-0.2, 0) is 12.0 Å². The molecule has 0 atom stereocenters. The number of hydrogen-bond donors (Lipinski definition) is 1. The summed E-state index contributed by atoms with van der Waals surface area (Å²) in [6, 6.07) is 21.3. The van der Waals surface area contributed by atoms with Crippen molar-refractivity contribution >= 4 is 0 Å². The summed E-state index contributed by atoms with van der Waals surface area (Å²) in [5.41, 5.74) is 5.86. The Bertz CT molecular complexity index is 1110. The fourth-order valence-corrected chi connectivity index (χ4v) is 4.16. The minimum Gasteiger partial charge on any atom is -0.487 e. The van der Waals surface area contributed by atoms with Gasteiger partial charge in [0.2, 0.25) is 0 Å². The number of rotatable bonds is 6. The van der Waals surface area contributed by atoms with Crippen molar-refractivity contribution in [2.75, 3.05) is 0 Å². The largest absolute Gasteiger partial charge is 0.487 e. The predicted molar refractivity (Wildman–Crippen MR) is 116 cm³/mol. The zero-order valence-corrected chi connectivity index (χ0v) is 17.0. The number of H-pyrrole nitrogens is 1. The highest BCUT2D eigenvalue weighted by Crippen LogP contribution is 2.49. The van der Waals surface area contributed by atoms with Crippen molar-refractivity contribution in [1.82, 2.24) is 20.2 Å². The first-order valence-electron chi connectivity index (χ1n) is 10.4. The van der Waals surface area contributed by atoms with Gasteiger partial charge in [0, 0.05) is 17.8 Å². The SMILES string of the molecule is Cc1ccc(C2(c3ccc(OCc4ccnc(-c5ccn[nH]5)n4)cc3)CCC2)cc1. The highest BCUT2D eigenvalue weighted by molar-refractivity contribution is 5.47. The van der Waals surface area contributed by atoms with E-state index in [0.717, 1.165) is 17.1 Å². The summed E-state index contributed by atoms with van der Waals surface area (Å²) in [5.74, 6) is 1.47. The van der Waals surface area contributed by atoms with E-state index in [1.165, 1.54) is 36.0 Å². The van der Waals surface area contributed by atoms with Gasteiger partial charge in [0.05, 0.1) is 5.69 Å². The Hall–Kier alpha value is -3.47. The third-order valence-corrected chi connectivity index (χ3v) is 6.06. The van der Waals surface area contributed by atoms with Gasteiger partial charge in [-0.15, -0.1) is 0 Å². The van der Waals surface area contributed by atoms with Crippen LogP contribution in [-0.4, -0.2) is 20.2 Å². The van der Waals surface area contributed by atoms with Crippen molar-refractivity contribution in [1.29, 1.82) is 0 Å². The Labute approximate surface area is 176 Å². The van der Waals surface area contributed by atoms with Crippen LogP contribution in [0.5, 0.6) is 5.75 Å². The van der Waals surface area contributed by atoms with Crippen LogP contribution < -0.4 is 4.74 Å². The van der Waals surface area contributed by atoms with Crippen molar-refractivity contribution in [3.8, 4) is 17.3 Å². The summed E-state index contributed by atoms with van der Waals surface area (Å²) in [4.78, 5) is 8.84. The quantitative estimate of drug-likeness (QED) is 0.485. The third-order valence-electron chi connectivity index (χ3n) is 6.06. The fraction of sp³-hybridized carbons (Fsp3) is 0.240. The van der Waals surface area contributed by atoms with E-state index in [-0.39, 0.29) is 5.41 Å². The van der Waals surface area contributed by atoms with Gasteiger partial charge in [-0.3, -0.25) is 5.10 Å². The molecule has 0 saturated heterocycles. The molecule has 0 unspecified atom stereocenters. The molecule has 1 N–H and O–H groups in total. The predicted octanol–water partition coefficient (Wildman–Crippen LogP) is 5.22. The second kappa shape index (κ2) is 7.75. The summed E-state index contributed by atoms with van der Waals surface area (Å²) in [6.07, 6.45) is 7.11. The molecule has 0 radical (unpaired) electrons. The second-order valence-corrected chi connectivity index (χ2v) is 7.96. The zero-order valence-electron chi connectivity index (χ0n) is 17.0. The van der Waals surface area contributed by atoms with Gasteiger partial charge in [-0.1, -0.05) is 48.4 Å². The number of aromatic amines is 1. The first kappa shape index (κ1) is 18.6. The third kappa shape index (κ3) is 3.47. The maximum atomic E-state index is 5.99. The molecule has 0 amide bonds. The molecular formula is C25H24N4O. The molecule has 1 aliphatic rings. The summed E-state index contributed by atoms with van der Waals surface area (Å²) in [6.45, 7) is 2.53. The molecule has 5 rings (SSSR count). The summed E-state index contributed by atoms with van der Waals surface area (Å²) in [7, 11) is 0. The number of aryl methyl sites for hydroxylation is 1. The molecule has 2 heterocycles. The highest BCUT2D eigenvalue weighted by atomic mass is 16.5. The van der Waals surface area contributed by atoms with Gasteiger partial charge < -0.3 is 4.74 Å². The van der Waals surface area contributed by atoms with Crippen LogP contribution in [0.3, 0.4) is 0 Å². The maximum absolute atomic E-state index is 5.99. The number of ether oxygens (including phenoxy) is 1. The molecule has 5 heteroatoms. The van der Waals surface area contributed by atoms with Gasteiger partial charge in [-0.2, -0.15) is 5.10 Å². The maximum Gasteiger partial charge on any atom is 0.177 e. The van der Waals surface area contributed by atoms with Crippen LogP contribution >= 0.6 is 0 Å². The first-order valence-corrected chi connectivity index (χ1v) is 10.4. The van der Waals surface area contributed by atoms with Crippen molar-refractivity contribution in [2.45, 2.75) is 38.2 Å². The Morgan fingerprint density at radius 2 is 1.63 bits per heavy atom. The van der Waals surface area contributed by atoms with E-state index >= 15 is 0 Å². The number of hydrogen-bond acceptors (Lipinski definition) is 4. The summed E-state index contributed by atoms with van der Waals surface area (Å²) in [5, 5.41) is 6.84. The molecule has 5 nitrogen and oxygen atoms in total. The van der Waals surface area contributed by atoms with E-state index in [0.29, 0.717) is 12.4 Å². The zero-order chi connectivity index (χ0) is 20.4. The smallest absolute Gasteiger partial charge is 0.177 e. The fourth-order valence-electron chi connectivity index (χ4n) is 4.16. The van der Waals surface area contributed by atoms with Gasteiger partial charge in [0.1, 0.15) is 18.1 Å². The topological polar surface area (TPSA) is 63.7 Å². The molecule has 1 aliphatic carbocycles. The molecule has 0 aliphatic heterocycles. The number of nitrogens with zero attached hydrogens (tertiary/aromatic N) is 3. The van der Waals surface area contributed by atoms with E-state index in [1.807, 2.05) is 12.1 Å². The van der Waals surface area contributed by atoms with Gasteiger partial charge in [0.25, 0.3) is 0 Å². The van der Waals surface area contributed by atoms with Gasteiger partial charge in [-0.05, 0) is 55.2 Å². The monoisotopic (exact) mass is 396 g/mol. The number of nitrogens with one attached hydrogen (secondary N) is 1. The molecular weight excluding hydrogens is 372 g/mol. The molecule has 150 valence electrons. The van der Waals surface area contributed by atoms with Crippen molar-refractivity contribution in [2.24, 2.45) is 0 Å². The Morgan fingerprint density at radius 3 is 2.27 bits per heavy atom. The van der Waals surface area contributed by atoms with E-state index < -0.39 is 0 Å². The highest BCUT2D eigenvalue weighted by Gasteiger charge is 2.40. The molecule has 0 spiro atoms. The van der Waals surface area contributed by atoms with Crippen LogP contribution in [0.2, 0.25) is 0 Å². The van der Waals surface area contributed by atoms with Crippen molar-refractivity contribution in [3.05, 3.63) is 95.4 Å². The molecule has 1 saturated carbocycles. The van der Waals surface area contributed by atoms with Crippen LogP contribution in [0.15, 0.2) is 73.1 Å². The van der Waals surface area contributed by atoms with Crippen LogP contribution in [0.25, 0.3) is 11.5 Å². The minimum atomic E-state index is 0.151. The van der Waals surface area contributed by atoms with Gasteiger partial charge >= 0.3 is 0 Å². The average Bonchev–Trinajstić information content (AvgIpc) is 3.29. The summed E-state index contributed by atoms with van der Waals surface area (Å²) < 4.78 is 5.99. The van der Waals surface area contributed by atoms with Crippen LogP contribution in [0.4, 0.5) is 0 Å². The van der Waals surface area contributed by atoms with Crippen molar-refractivity contribution in [3.63, 3.8) is 0 Å². The lowest BCUT2D eigenvalue weighted by Gasteiger charge is -2.43. The Kier molecular flexibility index (Phi) is 4.79. The van der Waals surface area contributed by atoms with E-state index in [9.17, 15) is 0 Å². The van der Waals surface area contributed by atoms with E-state index in [1.54, 1.807) is 12.4 Å². The Morgan fingerprint density at radius 1 is 0.900 bits per heavy atom. The minimum absolute atomic E-state index is 0.151. The van der Waals surface area contributed by atoms with E-state index in [4.69, 9.17) is 4.74 Å². The molecule has 1 fully saturated rings. The molecule has 30 heavy (non-hydrogen) atoms. The standard InChI is InChI=1S/C25H24N4O/c1-18-3-5-19(6-4-18)25(13-2-14-25)20-7-9-22(10-8-20)30-17-21-11-15-26-24(28-21)23-12-16-27-29-23/h3-12,15-16H,2,13-14,17H2,1H3,(H,27,29). The molecule has 4 aromatic rings. The molecule has 2 aromatic carbocycles. The molecule has 2 aromatic heterocycles. The summed E-state index contributed by atoms with van der Waals surface area (Å²) >= 11 is 0. The lowest BCUT2D eigenvalue weighted by molar-refractivity contribution is 0.294. The van der Waals surface area contributed by atoms with Gasteiger partial charge in [0.15, 0.2) is 5.82 Å². The van der Waals surface area contributed by atoms with Crippen LogP contribution in [0, 0.1) is 6.92 Å².